The van der Waals surface area contributed by atoms with Gasteiger partial charge in [0.25, 0.3) is 0 Å². The van der Waals surface area contributed by atoms with Crippen LogP contribution in [0, 0.1) is 5.82 Å². The van der Waals surface area contributed by atoms with E-state index >= 15 is 0 Å². The van der Waals surface area contributed by atoms with Gasteiger partial charge < -0.3 is 10.2 Å². The number of nitrogens with one attached hydrogen (secondary N) is 1. The Hall–Kier alpha value is -3.47. The molecule has 1 unspecified atom stereocenters. The van der Waals surface area contributed by atoms with E-state index in [4.69, 9.17) is 0 Å². The number of carbonyl (C=O) groups excluding carboxylic acids is 2. The van der Waals surface area contributed by atoms with E-state index in [0.29, 0.717) is 30.9 Å². The molecule has 0 fully saturated rings. The Morgan fingerprint density at radius 1 is 0.892 bits per heavy atom. The van der Waals surface area contributed by atoms with Crippen molar-refractivity contribution in [2.24, 2.45) is 0 Å². The van der Waals surface area contributed by atoms with E-state index in [2.05, 4.69) is 50.4 Å². The third-order valence-corrected chi connectivity index (χ3v) is 6.67. The van der Waals surface area contributed by atoms with E-state index in [-0.39, 0.29) is 30.6 Å². The quantitative estimate of drug-likeness (QED) is 0.274. The zero-order valence-electron chi connectivity index (χ0n) is 22.3. The van der Waals surface area contributed by atoms with Gasteiger partial charge >= 0.3 is 0 Å². The summed E-state index contributed by atoms with van der Waals surface area (Å²) in [6.07, 6.45) is 2.97. The second-order valence-corrected chi connectivity index (χ2v) is 9.86. The van der Waals surface area contributed by atoms with Crippen LogP contribution in [-0.4, -0.2) is 29.3 Å². The first-order chi connectivity index (χ1) is 17.9. The molecule has 0 aromatic heterocycles. The number of hydrogen-bond donors (Lipinski definition) is 1. The van der Waals surface area contributed by atoms with E-state index < -0.39 is 6.04 Å². The van der Waals surface area contributed by atoms with Gasteiger partial charge in [-0.25, -0.2) is 4.39 Å². The van der Waals surface area contributed by atoms with Crippen LogP contribution in [0.1, 0.15) is 68.2 Å². The fraction of sp³-hybridized carbons (Fsp3) is 0.375. The molecule has 0 radical (unpaired) electrons. The number of nitrogens with zero attached hydrogens (tertiary/aromatic N) is 1. The van der Waals surface area contributed by atoms with Crippen molar-refractivity contribution in [2.75, 3.05) is 6.54 Å². The topological polar surface area (TPSA) is 49.4 Å². The van der Waals surface area contributed by atoms with E-state index in [0.717, 1.165) is 24.0 Å². The molecule has 1 atom stereocenters. The van der Waals surface area contributed by atoms with Crippen LogP contribution >= 0.6 is 0 Å². The Labute approximate surface area is 220 Å². The molecule has 0 heterocycles. The third-order valence-electron chi connectivity index (χ3n) is 6.67. The molecule has 5 heteroatoms. The first-order valence-corrected chi connectivity index (χ1v) is 13.3. The van der Waals surface area contributed by atoms with E-state index in [1.54, 1.807) is 23.1 Å². The minimum atomic E-state index is -0.741. The predicted molar refractivity (Wildman–Crippen MR) is 148 cm³/mol. The zero-order valence-corrected chi connectivity index (χ0v) is 22.3. The minimum Gasteiger partial charge on any atom is -0.354 e. The maximum atomic E-state index is 14.7. The average molecular weight is 503 g/mol. The van der Waals surface area contributed by atoms with Gasteiger partial charge in [0.2, 0.25) is 11.8 Å². The number of unbranched alkanes of at least 4 members (excludes halogenated alkanes) is 1. The van der Waals surface area contributed by atoms with Gasteiger partial charge in [-0.15, -0.1) is 0 Å². The Morgan fingerprint density at radius 2 is 1.57 bits per heavy atom. The van der Waals surface area contributed by atoms with Crippen molar-refractivity contribution < 1.29 is 14.0 Å². The lowest BCUT2D eigenvalue weighted by atomic mass is 9.99. The van der Waals surface area contributed by atoms with Crippen molar-refractivity contribution in [3.8, 4) is 0 Å². The molecular weight excluding hydrogens is 463 g/mol. The molecule has 3 rings (SSSR count). The first kappa shape index (κ1) is 28.1. The van der Waals surface area contributed by atoms with E-state index in [1.165, 1.54) is 11.6 Å². The van der Waals surface area contributed by atoms with Gasteiger partial charge in [-0.05, 0) is 41.5 Å². The van der Waals surface area contributed by atoms with Crippen LogP contribution in [0.25, 0.3) is 0 Å². The van der Waals surface area contributed by atoms with Crippen LogP contribution in [0.5, 0.6) is 0 Å². The summed E-state index contributed by atoms with van der Waals surface area (Å²) in [5, 5.41) is 3.00. The van der Waals surface area contributed by atoms with Crippen molar-refractivity contribution in [2.45, 2.75) is 71.4 Å². The molecule has 4 nitrogen and oxygen atoms in total. The highest BCUT2D eigenvalue weighted by Gasteiger charge is 2.30. The van der Waals surface area contributed by atoms with Gasteiger partial charge in [0.05, 0.1) is 0 Å². The number of aryl methyl sites for hydroxylation is 1. The minimum absolute atomic E-state index is 0.0382. The molecule has 37 heavy (non-hydrogen) atoms. The zero-order chi connectivity index (χ0) is 26.6. The van der Waals surface area contributed by atoms with Gasteiger partial charge in [0.15, 0.2) is 0 Å². The van der Waals surface area contributed by atoms with Gasteiger partial charge in [-0.2, -0.15) is 0 Å². The highest BCUT2D eigenvalue weighted by atomic mass is 19.1. The molecule has 0 bridgehead atoms. The molecule has 2 amide bonds. The lowest BCUT2D eigenvalue weighted by Gasteiger charge is -2.32. The Morgan fingerprint density at radius 3 is 2.22 bits per heavy atom. The molecule has 1 N–H and O–H groups in total. The van der Waals surface area contributed by atoms with Crippen LogP contribution in [0.2, 0.25) is 0 Å². The summed E-state index contributed by atoms with van der Waals surface area (Å²) in [6.45, 7) is 6.95. The Bertz CT molecular complexity index is 1130. The largest absolute Gasteiger partial charge is 0.354 e. The second kappa shape index (κ2) is 14.3. The van der Waals surface area contributed by atoms with Gasteiger partial charge in [0, 0.05) is 31.5 Å². The Balaban J connectivity index is 1.87. The SMILES string of the molecule is CCCCNC(=O)C(Cc1ccccc1)N(Cc1ccccc1F)C(=O)CCc1ccc(C(C)C)cc1. The molecule has 0 aliphatic heterocycles. The van der Waals surface area contributed by atoms with Crippen LogP contribution in [0.15, 0.2) is 78.9 Å². The molecule has 3 aromatic rings. The summed E-state index contributed by atoms with van der Waals surface area (Å²) in [4.78, 5) is 28.7. The molecule has 0 spiro atoms. The standard InChI is InChI=1S/C32H39FN2O2/c1-4-5-21-34-32(37)30(22-26-11-7-6-8-12-26)35(23-28-13-9-10-14-29(28)33)31(36)20-17-25-15-18-27(19-16-25)24(2)3/h6-16,18-19,24,30H,4-5,17,20-23H2,1-3H3,(H,34,37). The van der Waals surface area contributed by atoms with Crippen molar-refractivity contribution in [1.29, 1.82) is 0 Å². The molecule has 0 saturated carbocycles. The molecule has 3 aromatic carbocycles. The number of hydrogen-bond acceptors (Lipinski definition) is 2. The fourth-order valence-electron chi connectivity index (χ4n) is 4.33. The summed E-state index contributed by atoms with van der Waals surface area (Å²) in [7, 11) is 0. The monoisotopic (exact) mass is 502 g/mol. The Kier molecular flexibility index (Phi) is 10.9. The molecule has 0 saturated heterocycles. The maximum Gasteiger partial charge on any atom is 0.243 e. The van der Waals surface area contributed by atoms with Crippen LogP contribution in [-0.2, 0) is 29.0 Å². The van der Waals surface area contributed by atoms with Crippen LogP contribution in [0.3, 0.4) is 0 Å². The summed E-state index contributed by atoms with van der Waals surface area (Å²) in [6, 6.07) is 23.7. The van der Waals surface area contributed by atoms with Crippen molar-refractivity contribution in [1.82, 2.24) is 10.2 Å². The smallest absolute Gasteiger partial charge is 0.243 e. The van der Waals surface area contributed by atoms with Gasteiger partial charge in [-0.3, -0.25) is 9.59 Å². The van der Waals surface area contributed by atoms with Crippen molar-refractivity contribution in [3.63, 3.8) is 0 Å². The lowest BCUT2D eigenvalue weighted by molar-refractivity contribution is -0.141. The number of rotatable bonds is 13. The second-order valence-electron chi connectivity index (χ2n) is 9.86. The van der Waals surface area contributed by atoms with Crippen LogP contribution in [0.4, 0.5) is 4.39 Å². The van der Waals surface area contributed by atoms with Gasteiger partial charge in [-0.1, -0.05) is 100.0 Å². The number of carbonyl (C=O) groups is 2. The fourth-order valence-corrected chi connectivity index (χ4v) is 4.33. The van der Waals surface area contributed by atoms with E-state index in [9.17, 15) is 14.0 Å². The first-order valence-electron chi connectivity index (χ1n) is 13.3. The predicted octanol–water partition coefficient (Wildman–Crippen LogP) is 6.44. The summed E-state index contributed by atoms with van der Waals surface area (Å²) >= 11 is 0. The summed E-state index contributed by atoms with van der Waals surface area (Å²) in [5.74, 6) is -0.308. The van der Waals surface area contributed by atoms with Crippen molar-refractivity contribution in [3.05, 3.63) is 107 Å². The highest BCUT2D eigenvalue weighted by molar-refractivity contribution is 5.88. The number of amides is 2. The molecule has 0 aliphatic rings. The third kappa shape index (κ3) is 8.56. The maximum absolute atomic E-state index is 14.7. The van der Waals surface area contributed by atoms with E-state index in [1.807, 2.05) is 30.3 Å². The van der Waals surface area contributed by atoms with Gasteiger partial charge in [0.1, 0.15) is 11.9 Å². The number of benzene rings is 3. The molecule has 196 valence electrons. The van der Waals surface area contributed by atoms with Crippen molar-refractivity contribution >= 4 is 11.8 Å². The average Bonchev–Trinajstić information content (AvgIpc) is 2.91. The summed E-state index contributed by atoms with van der Waals surface area (Å²) < 4.78 is 14.7. The van der Waals surface area contributed by atoms with Crippen LogP contribution < -0.4 is 5.32 Å². The summed E-state index contributed by atoms with van der Waals surface area (Å²) in [5.41, 5.74) is 3.67. The lowest BCUT2D eigenvalue weighted by Crippen LogP contribution is -2.50. The molecular formula is C32H39FN2O2. The number of halogens is 1. The normalized spacial score (nSPS) is 11.8. The molecule has 0 aliphatic carbocycles. The highest BCUT2D eigenvalue weighted by Crippen LogP contribution is 2.20.